The van der Waals surface area contributed by atoms with Gasteiger partial charge in [-0.15, -0.1) is 0 Å². The third kappa shape index (κ3) is 5.46. The SMILES string of the molecule is CCOCc1nc(N)cc(NCCCCO)n1. The summed E-state index contributed by atoms with van der Waals surface area (Å²) in [7, 11) is 0. The van der Waals surface area contributed by atoms with E-state index in [9.17, 15) is 0 Å². The first-order chi connectivity index (χ1) is 8.26. The summed E-state index contributed by atoms with van der Waals surface area (Å²) in [5.74, 6) is 1.71. The third-order valence-electron chi connectivity index (χ3n) is 2.12. The van der Waals surface area contributed by atoms with Crippen molar-refractivity contribution in [3.8, 4) is 0 Å². The predicted octanol–water partition coefficient (Wildman–Crippen LogP) is 0.780. The number of hydrogen-bond acceptors (Lipinski definition) is 6. The summed E-state index contributed by atoms with van der Waals surface area (Å²) < 4.78 is 5.23. The molecular formula is C11H20N4O2. The maximum atomic E-state index is 8.66. The second-order valence-electron chi connectivity index (χ2n) is 3.59. The number of hydrogen-bond donors (Lipinski definition) is 3. The van der Waals surface area contributed by atoms with Crippen LogP contribution in [0.4, 0.5) is 11.6 Å². The van der Waals surface area contributed by atoms with Crippen LogP contribution in [0.5, 0.6) is 0 Å². The summed E-state index contributed by atoms with van der Waals surface area (Å²) in [4.78, 5) is 8.36. The molecule has 0 atom stereocenters. The third-order valence-corrected chi connectivity index (χ3v) is 2.12. The lowest BCUT2D eigenvalue weighted by Gasteiger charge is -2.08. The minimum absolute atomic E-state index is 0.211. The lowest BCUT2D eigenvalue weighted by molar-refractivity contribution is 0.128. The van der Waals surface area contributed by atoms with Gasteiger partial charge in [0, 0.05) is 25.8 Å². The summed E-state index contributed by atoms with van der Waals surface area (Å²) in [5.41, 5.74) is 5.67. The molecule has 1 aromatic heterocycles. The van der Waals surface area contributed by atoms with Crippen molar-refractivity contribution in [2.24, 2.45) is 0 Å². The first-order valence-corrected chi connectivity index (χ1v) is 5.82. The Morgan fingerprint density at radius 3 is 2.94 bits per heavy atom. The molecule has 0 aliphatic heterocycles. The number of nitrogens with two attached hydrogens (primary N) is 1. The van der Waals surface area contributed by atoms with Gasteiger partial charge in [0.1, 0.15) is 18.2 Å². The maximum Gasteiger partial charge on any atom is 0.158 e. The van der Waals surface area contributed by atoms with Crippen molar-refractivity contribution in [2.75, 3.05) is 30.8 Å². The number of nitrogen functional groups attached to an aromatic ring is 1. The highest BCUT2D eigenvalue weighted by atomic mass is 16.5. The molecule has 1 aromatic rings. The van der Waals surface area contributed by atoms with E-state index in [0.29, 0.717) is 30.7 Å². The Morgan fingerprint density at radius 2 is 2.24 bits per heavy atom. The fourth-order valence-corrected chi connectivity index (χ4v) is 1.32. The van der Waals surface area contributed by atoms with E-state index in [0.717, 1.165) is 19.4 Å². The Hall–Kier alpha value is -1.40. The van der Waals surface area contributed by atoms with Gasteiger partial charge < -0.3 is 20.9 Å². The lowest BCUT2D eigenvalue weighted by atomic mass is 10.3. The number of unbranched alkanes of at least 4 members (excludes halogenated alkanes) is 1. The average molecular weight is 240 g/mol. The minimum Gasteiger partial charge on any atom is -0.396 e. The topological polar surface area (TPSA) is 93.3 Å². The fourth-order valence-electron chi connectivity index (χ4n) is 1.32. The summed E-state index contributed by atoms with van der Waals surface area (Å²) >= 11 is 0. The van der Waals surface area contributed by atoms with Crippen LogP contribution in [0.3, 0.4) is 0 Å². The van der Waals surface area contributed by atoms with Crippen molar-refractivity contribution in [2.45, 2.75) is 26.4 Å². The van der Waals surface area contributed by atoms with Crippen LogP contribution in [0.2, 0.25) is 0 Å². The standard InChI is InChI=1S/C11H20N4O2/c1-2-17-8-11-14-9(12)7-10(15-11)13-5-3-4-6-16/h7,16H,2-6,8H2,1H3,(H3,12,13,14,15). The molecule has 0 aliphatic rings. The van der Waals surface area contributed by atoms with E-state index in [2.05, 4.69) is 15.3 Å². The van der Waals surface area contributed by atoms with E-state index < -0.39 is 0 Å². The lowest BCUT2D eigenvalue weighted by Crippen LogP contribution is -2.09. The van der Waals surface area contributed by atoms with Gasteiger partial charge in [0.15, 0.2) is 5.82 Å². The number of aromatic nitrogens is 2. The normalized spacial score (nSPS) is 10.5. The number of ether oxygens (including phenoxy) is 1. The molecule has 0 fully saturated rings. The molecule has 96 valence electrons. The number of aliphatic hydroxyl groups is 1. The summed E-state index contributed by atoms with van der Waals surface area (Å²) in [6, 6.07) is 1.69. The van der Waals surface area contributed by atoms with Crippen molar-refractivity contribution in [1.29, 1.82) is 0 Å². The van der Waals surface area contributed by atoms with Gasteiger partial charge in [0.25, 0.3) is 0 Å². The van der Waals surface area contributed by atoms with Crippen LogP contribution in [0, 0.1) is 0 Å². The number of rotatable bonds is 8. The van der Waals surface area contributed by atoms with Gasteiger partial charge in [-0.25, -0.2) is 9.97 Å². The quantitative estimate of drug-likeness (QED) is 0.581. The molecule has 0 saturated carbocycles. The number of nitrogens with zero attached hydrogens (tertiary/aromatic N) is 2. The van der Waals surface area contributed by atoms with Crippen LogP contribution >= 0.6 is 0 Å². The zero-order chi connectivity index (χ0) is 12.5. The summed E-state index contributed by atoms with van der Waals surface area (Å²) in [6.45, 7) is 3.87. The van der Waals surface area contributed by atoms with E-state index >= 15 is 0 Å². The van der Waals surface area contributed by atoms with Gasteiger partial charge in [0.05, 0.1) is 0 Å². The zero-order valence-corrected chi connectivity index (χ0v) is 10.1. The van der Waals surface area contributed by atoms with E-state index in [-0.39, 0.29) is 6.61 Å². The van der Waals surface area contributed by atoms with Crippen LogP contribution in [0.25, 0.3) is 0 Å². The van der Waals surface area contributed by atoms with Crippen LogP contribution < -0.4 is 11.1 Å². The Kier molecular flexibility index (Phi) is 6.27. The molecule has 0 spiro atoms. The van der Waals surface area contributed by atoms with Crippen LogP contribution in [-0.4, -0.2) is 34.8 Å². The van der Waals surface area contributed by atoms with Crippen molar-refractivity contribution in [3.63, 3.8) is 0 Å². The van der Waals surface area contributed by atoms with Gasteiger partial charge in [-0.1, -0.05) is 0 Å². The molecule has 6 heteroatoms. The molecule has 0 amide bonds. The maximum absolute atomic E-state index is 8.66. The van der Waals surface area contributed by atoms with Gasteiger partial charge in [-0.2, -0.15) is 0 Å². The zero-order valence-electron chi connectivity index (χ0n) is 10.1. The second kappa shape index (κ2) is 7.81. The van der Waals surface area contributed by atoms with Crippen molar-refractivity contribution in [1.82, 2.24) is 9.97 Å². The van der Waals surface area contributed by atoms with E-state index in [1.54, 1.807) is 6.07 Å². The Bertz CT molecular complexity index is 333. The van der Waals surface area contributed by atoms with E-state index in [1.165, 1.54) is 0 Å². The highest BCUT2D eigenvalue weighted by Crippen LogP contribution is 2.09. The molecule has 6 nitrogen and oxygen atoms in total. The molecular weight excluding hydrogens is 220 g/mol. The Labute approximate surface area is 101 Å². The fraction of sp³-hybridized carbons (Fsp3) is 0.636. The van der Waals surface area contributed by atoms with Crippen LogP contribution in [0.1, 0.15) is 25.6 Å². The van der Waals surface area contributed by atoms with E-state index in [4.69, 9.17) is 15.6 Å². The number of aliphatic hydroxyl groups excluding tert-OH is 1. The van der Waals surface area contributed by atoms with Gasteiger partial charge in [-0.05, 0) is 19.8 Å². The predicted molar refractivity (Wildman–Crippen MR) is 66.6 cm³/mol. The van der Waals surface area contributed by atoms with Crippen molar-refractivity contribution >= 4 is 11.6 Å². The minimum atomic E-state index is 0.211. The van der Waals surface area contributed by atoms with Gasteiger partial charge >= 0.3 is 0 Å². The average Bonchev–Trinajstić information content (AvgIpc) is 2.31. The highest BCUT2D eigenvalue weighted by molar-refractivity contribution is 5.44. The molecule has 0 saturated heterocycles. The van der Waals surface area contributed by atoms with Crippen molar-refractivity contribution in [3.05, 3.63) is 11.9 Å². The van der Waals surface area contributed by atoms with Gasteiger partial charge in [-0.3, -0.25) is 0 Å². The molecule has 1 rings (SSSR count). The molecule has 0 aliphatic carbocycles. The molecule has 0 unspecified atom stereocenters. The first-order valence-electron chi connectivity index (χ1n) is 5.82. The van der Waals surface area contributed by atoms with Gasteiger partial charge in [0.2, 0.25) is 0 Å². The second-order valence-corrected chi connectivity index (χ2v) is 3.59. The molecule has 17 heavy (non-hydrogen) atoms. The molecule has 4 N–H and O–H groups in total. The largest absolute Gasteiger partial charge is 0.396 e. The molecule has 0 bridgehead atoms. The van der Waals surface area contributed by atoms with E-state index in [1.807, 2.05) is 6.92 Å². The van der Waals surface area contributed by atoms with Crippen molar-refractivity contribution < 1.29 is 9.84 Å². The smallest absolute Gasteiger partial charge is 0.158 e. The van der Waals surface area contributed by atoms with Crippen LogP contribution in [0.15, 0.2) is 6.07 Å². The first kappa shape index (κ1) is 13.7. The monoisotopic (exact) mass is 240 g/mol. The highest BCUT2D eigenvalue weighted by Gasteiger charge is 2.02. The number of nitrogens with one attached hydrogen (secondary N) is 1. The summed E-state index contributed by atoms with van der Waals surface area (Å²) in [6.07, 6.45) is 1.67. The Morgan fingerprint density at radius 1 is 1.41 bits per heavy atom. The molecule has 0 aromatic carbocycles. The van der Waals surface area contributed by atoms with Crippen LogP contribution in [-0.2, 0) is 11.3 Å². The Balaban J connectivity index is 2.50. The number of anilines is 2. The molecule has 0 radical (unpaired) electrons. The summed E-state index contributed by atoms with van der Waals surface area (Å²) in [5, 5.41) is 11.8. The molecule has 1 heterocycles.